The maximum atomic E-state index is 6.62. The molecule has 5 aromatic carbocycles. The highest BCUT2D eigenvalue weighted by Crippen LogP contribution is 2.60. The average molecular weight is 648 g/mol. The molecule has 40 heavy (non-hydrogen) atoms. The molecule has 2 aliphatic rings. The van der Waals surface area contributed by atoms with E-state index in [1.165, 1.54) is 49.9 Å². The van der Waals surface area contributed by atoms with Crippen molar-refractivity contribution in [3.8, 4) is 22.3 Å². The number of hydrogen-bond acceptors (Lipinski definition) is 2. The quantitative estimate of drug-likeness (QED) is 0.164. The van der Waals surface area contributed by atoms with Gasteiger partial charge >= 0.3 is 0 Å². The maximum Gasteiger partial charge on any atom is 0.150 e. The summed E-state index contributed by atoms with van der Waals surface area (Å²) in [5, 5.41) is 4.65. The fourth-order valence-corrected chi connectivity index (χ4v) is 8.71. The second-order valence-electron chi connectivity index (χ2n) is 12.4. The summed E-state index contributed by atoms with van der Waals surface area (Å²) in [6.07, 6.45) is 0. The molecule has 7 aromatic rings. The van der Waals surface area contributed by atoms with Gasteiger partial charge < -0.3 is 8.83 Å². The van der Waals surface area contributed by atoms with Gasteiger partial charge in [-0.2, -0.15) is 0 Å². The monoisotopic (exact) mass is 646 g/mol. The van der Waals surface area contributed by atoms with Gasteiger partial charge in [-0.3, -0.25) is 0 Å². The largest absolute Gasteiger partial charge is 0.455 e. The highest BCUT2D eigenvalue weighted by atomic mass is 79.9. The normalized spacial score (nSPS) is 16.1. The van der Waals surface area contributed by atoms with E-state index in [-0.39, 0.29) is 10.8 Å². The number of benzene rings is 5. The Kier molecular flexibility index (Phi) is 4.26. The summed E-state index contributed by atoms with van der Waals surface area (Å²) in [4.78, 5) is 0. The van der Waals surface area contributed by atoms with Crippen LogP contribution in [0.15, 0.2) is 90.6 Å². The van der Waals surface area contributed by atoms with E-state index >= 15 is 0 Å². The Hall–Kier alpha value is -3.34. The SMILES string of the molecule is CC1(C)c2cc3c(cc2-c2c1cc(Br)c1c2oc2ccccc21)C(C)(C)c1cc(Br)c2oc4ccccc4c2c1-3. The predicted octanol–water partition coefficient (Wildman–Crippen LogP) is 11.6. The van der Waals surface area contributed by atoms with Gasteiger partial charge in [0, 0.05) is 42.4 Å². The van der Waals surface area contributed by atoms with Crippen LogP contribution >= 0.6 is 31.9 Å². The molecule has 0 atom stereocenters. The number of halogens is 2. The lowest BCUT2D eigenvalue weighted by Gasteiger charge is -2.24. The first-order valence-corrected chi connectivity index (χ1v) is 15.2. The second kappa shape index (κ2) is 7.29. The number of hydrogen-bond donors (Lipinski definition) is 0. The van der Waals surface area contributed by atoms with Crippen molar-refractivity contribution in [1.82, 2.24) is 0 Å². The first-order valence-electron chi connectivity index (χ1n) is 13.7. The molecular weight excluding hydrogens is 624 g/mol. The zero-order valence-electron chi connectivity index (χ0n) is 22.5. The van der Waals surface area contributed by atoms with Crippen molar-refractivity contribution >= 4 is 75.7 Å². The van der Waals surface area contributed by atoms with E-state index in [1.54, 1.807) is 0 Å². The number of para-hydroxylation sites is 2. The molecule has 2 heterocycles. The van der Waals surface area contributed by atoms with E-state index < -0.39 is 0 Å². The zero-order valence-corrected chi connectivity index (χ0v) is 25.7. The van der Waals surface area contributed by atoms with E-state index in [4.69, 9.17) is 8.83 Å². The van der Waals surface area contributed by atoms with Gasteiger partial charge in [-0.1, -0.05) is 80.0 Å². The summed E-state index contributed by atoms with van der Waals surface area (Å²) in [6, 6.07) is 26.3. The van der Waals surface area contributed by atoms with Crippen LogP contribution in [0, 0.1) is 0 Å². The Morgan fingerprint density at radius 1 is 0.525 bits per heavy atom. The number of rotatable bonds is 0. The molecule has 0 spiro atoms. The zero-order chi connectivity index (χ0) is 27.3. The molecule has 2 nitrogen and oxygen atoms in total. The summed E-state index contributed by atoms with van der Waals surface area (Å²) in [5.41, 5.74) is 13.8. The van der Waals surface area contributed by atoms with Gasteiger partial charge in [0.2, 0.25) is 0 Å². The topological polar surface area (TPSA) is 26.3 Å². The minimum absolute atomic E-state index is 0.177. The van der Waals surface area contributed by atoms with Crippen molar-refractivity contribution in [2.45, 2.75) is 38.5 Å². The van der Waals surface area contributed by atoms with Gasteiger partial charge in [0.1, 0.15) is 22.3 Å². The molecule has 9 rings (SSSR count). The van der Waals surface area contributed by atoms with Gasteiger partial charge in [0.25, 0.3) is 0 Å². The van der Waals surface area contributed by atoms with E-state index in [9.17, 15) is 0 Å². The Morgan fingerprint density at radius 2 is 1.02 bits per heavy atom. The van der Waals surface area contributed by atoms with Crippen LogP contribution in [0.5, 0.6) is 0 Å². The van der Waals surface area contributed by atoms with Crippen LogP contribution in [0.2, 0.25) is 0 Å². The van der Waals surface area contributed by atoms with Gasteiger partial charge in [0.05, 0.1) is 4.47 Å². The van der Waals surface area contributed by atoms with Crippen molar-refractivity contribution < 1.29 is 8.83 Å². The highest BCUT2D eigenvalue weighted by molar-refractivity contribution is 9.11. The summed E-state index contributed by atoms with van der Waals surface area (Å²) < 4.78 is 15.1. The van der Waals surface area contributed by atoms with Crippen LogP contribution in [0.4, 0.5) is 0 Å². The average Bonchev–Trinajstić information content (AvgIpc) is 3.62. The van der Waals surface area contributed by atoms with Crippen LogP contribution in [0.3, 0.4) is 0 Å². The molecule has 0 fully saturated rings. The molecule has 0 N–H and O–H groups in total. The summed E-state index contributed by atoms with van der Waals surface area (Å²) in [5.74, 6) is 0. The third-order valence-corrected chi connectivity index (χ3v) is 10.8. The lowest BCUT2D eigenvalue weighted by atomic mass is 9.79. The Bertz CT molecular complexity index is 2290. The van der Waals surface area contributed by atoms with Crippen LogP contribution in [0.1, 0.15) is 49.9 Å². The highest BCUT2D eigenvalue weighted by Gasteiger charge is 2.44. The fourth-order valence-electron chi connectivity index (χ4n) is 7.58. The lowest BCUT2D eigenvalue weighted by molar-refractivity contribution is 0.648. The van der Waals surface area contributed by atoms with Crippen LogP contribution in [-0.2, 0) is 10.8 Å². The van der Waals surface area contributed by atoms with Crippen LogP contribution in [0.25, 0.3) is 66.1 Å². The van der Waals surface area contributed by atoms with Crippen molar-refractivity contribution in [2.24, 2.45) is 0 Å². The van der Waals surface area contributed by atoms with E-state index in [0.717, 1.165) is 47.4 Å². The third-order valence-electron chi connectivity index (χ3n) is 9.59. The molecule has 2 aliphatic carbocycles. The maximum absolute atomic E-state index is 6.62. The summed E-state index contributed by atoms with van der Waals surface area (Å²) >= 11 is 7.78. The van der Waals surface area contributed by atoms with E-state index in [0.29, 0.717) is 0 Å². The summed E-state index contributed by atoms with van der Waals surface area (Å²) in [6.45, 7) is 9.39. The van der Waals surface area contributed by atoms with Gasteiger partial charge in [-0.25, -0.2) is 0 Å². The van der Waals surface area contributed by atoms with E-state index in [2.05, 4.69) is 120 Å². The molecule has 0 saturated heterocycles. The lowest BCUT2D eigenvalue weighted by Crippen LogP contribution is -2.17. The second-order valence-corrected chi connectivity index (χ2v) is 14.1. The molecule has 0 amide bonds. The molecule has 0 aliphatic heterocycles. The molecule has 2 aromatic heterocycles. The predicted molar refractivity (Wildman–Crippen MR) is 172 cm³/mol. The molecule has 0 bridgehead atoms. The summed E-state index contributed by atoms with van der Waals surface area (Å²) in [7, 11) is 0. The van der Waals surface area contributed by atoms with Gasteiger partial charge in [-0.05, 0) is 91.3 Å². The van der Waals surface area contributed by atoms with Crippen molar-refractivity contribution in [3.63, 3.8) is 0 Å². The van der Waals surface area contributed by atoms with Crippen molar-refractivity contribution in [1.29, 1.82) is 0 Å². The Morgan fingerprint density at radius 3 is 1.68 bits per heavy atom. The molecule has 4 heteroatoms. The molecular formula is C36H24Br2O2. The van der Waals surface area contributed by atoms with Gasteiger partial charge in [0.15, 0.2) is 0 Å². The standard InChI is InChI=1S/C36H24Br2O2/c1-35(2)21-14-20-22(13-19(21)29-23(35)16-26(38)33-32(29)18-10-6-8-12-28(18)39-33)36(3,4)24-15-25(37)31-17-9-5-7-11-27(17)40-34(31)30(20)24/h5-16H,1-4H3. The fraction of sp³-hybridized carbons (Fsp3) is 0.167. The van der Waals surface area contributed by atoms with Crippen molar-refractivity contribution in [2.75, 3.05) is 0 Å². The first kappa shape index (κ1) is 23.4. The molecule has 0 unspecified atom stereocenters. The first-order chi connectivity index (χ1) is 19.2. The minimum Gasteiger partial charge on any atom is -0.455 e. The number of furan rings is 2. The minimum atomic E-state index is -0.185. The smallest absolute Gasteiger partial charge is 0.150 e. The molecule has 0 saturated carbocycles. The van der Waals surface area contributed by atoms with Crippen LogP contribution in [-0.4, -0.2) is 0 Å². The van der Waals surface area contributed by atoms with Crippen molar-refractivity contribution in [3.05, 3.63) is 104 Å². The molecule has 194 valence electrons. The van der Waals surface area contributed by atoms with Gasteiger partial charge in [-0.15, -0.1) is 0 Å². The molecule has 0 radical (unpaired) electrons. The number of fused-ring (bicyclic) bond motifs is 14. The van der Waals surface area contributed by atoms with E-state index in [1.807, 2.05) is 12.1 Å². The third kappa shape index (κ3) is 2.61. The Labute approximate surface area is 248 Å². The Balaban J connectivity index is 1.42. The van der Waals surface area contributed by atoms with Crippen LogP contribution < -0.4 is 0 Å².